The van der Waals surface area contributed by atoms with Gasteiger partial charge in [-0.25, -0.2) is 5.43 Å². The Bertz CT molecular complexity index is 990. The first-order valence-corrected chi connectivity index (χ1v) is 9.28. The van der Waals surface area contributed by atoms with E-state index in [0.29, 0.717) is 11.6 Å². The molecule has 1 aromatic heterocycles. The van der Waals surface area contributed by atoms with Crippen LogP contribution in [0, 0.1) is 13.8 Å². The highest BCUT2D eigenvalue weighted by molar-refractivity contribution is 6.30. The average molecular weight is 396 g/mol. The zero-order valence-corrected chi connectivity index (χ0v) is 16.8. The molecule has 0 aliphatic carbocycles. The molecule has 0 radical (unpaired) electrons. The summed E-state index contributed by atoms with van der Waals surface area (Å²) < 4.78 is 7.99. The van der Waals surface area contributed by atoms with Crippen molar-refractivity contribution in [3.05, 3.63) is 82.1 Å². The van der Waals surface area contributed by atoms with Gasteiger partial charge in [0.05, 0.1) is 6.21 Å². The van der Waals surface area contributed by atoms with Crippen molar-refractivity contribution in [2.45, 2.75) is 27.4 Å². The van der Waals surface area contributed by atoms with E-state index in [1.54, 1.807) is 6.21 Å². The number of aromatic nitrogens is 1. The maximum Gasteiger partial charge on any atom is 0.236 e. The number of nitrogens with zero attached hydrogens (tertiary/aromatic N) is 2. The number of carbonyl (C=O) groups is 1. The van der Waals surface area contributed by atoms with E-state index in [-0.39, 0.29) is 5.91 Å². The quantitative estimate of drug-likeness (QED) is 0.481. The lowest BCUT2D eigenvalue weighted by molar-refractivity contribution is -0.118. The van der Waals surface area contributed by atoms with Gasteiger partial charge in [-0.3, -0.25) is 4.79 Å². The molecule has 144 valence electrons. The number of aryl methyl sites for hydroxylation is 1. The van der Waals surface area contributed by atoms with Gasteiger partial charge in [-0.2, -0.15) is 5.10 Å². The lowest BCUT2D eigenvalue weighted by atomic mass is 10.2. The van der Waals surface area contributed by atoms with Gasteiger partial charge >= 0.3 is 0 Å². The molecular formula is C22H22ClN3O2. The van der Waals surface area contributed by atoms with Gasteiger partial charge in [-0.1, -0.05) is 23.7 Å². The third kappa shape index (κ3) is 4.81. The lowest BCUT2D eigenvalue weighted by Crippen LogP contribution is -2.12. The standard InChI is InChI=1S/C22H22ClN3O2/c1-15-12-19(13-24-25-17(3)27)16(2)26(15)21-8-10-22(11-9-21)28-14-18-4-6-20(23)7-5-18/h4-13H,14H2,1-3H3,(H,25,27)/b24-13-. The Morgan fingerprint density at radius 3 is 2.46 bits per heavy atom. The van der Waals surface area contributed by atoms with Crippen LogP contribution in [-0.4, -0.2) is 16.7 Å². The SMILES string of the molecule is CC(=O)N/N=C\c1cc(C)n(-c2ccc(OCc3ccc(Cl)cc3)cc2)c1C. The smallest absolute Gasteiger partial charge is 0.236 e. The van der Waals surface area contributed by atoms with Gasteiger partial charge in [-0.15, -0.1) is 0 Å². The molecule has 0 aliphatic rings. The normalized spacial score (nSPS) is 11.0. The van der Waals surface area contributed by atoms with Crippen LogP contribution in [0.25, 0.3) is 5.69 Å². The molecule has 0 fully saturated rings. The number of nitrogens with one attached hydrogen (secondary N) is 1. The van der Waals surface area contributed by atoms with E-state index in [0.717, 1.165) is 34.0 Å². The first-order chi connectivity index (χ1) is 13.4. The largest absolute Gasteiger partial charge is 0.489 e. The van der Waals surface area contributed by atoms with E-state index >= 15 is 0 Å². The van der Waals surface area contributed by atoms with Gasteiger partial charge in [0.1, 0.15) is 12.4 Å². The Kier molecular flexibility index (Phi) is 6.16. The number of benzene rings is 2. The number of hydrazone groups is 1. The summed E-state index contributed by atoms with van der Waals surface area (Å²) in [6.45, 7) is 5.97. The first kappa shape index (κ1) is 19.7. The fourth-order valence-corrected chi connectivity index (χ4v) is 3.07. The predicted molar refractivity (Wildman–Crippen MR) is 112 cm³/mol. The van der Waals surface area contributed by atoms with Crippen LogP contribution in [0.2, 0.25) is 5.02 Å². The second kappa shape index (κ2) is 8.76. The van der Waals surface area contributed by atoms with Crippen molar-refractivity contribution in [2.75, 3.05) is 0 Å². The van der Waals surface area contributed by atoms with Crippen LogP contribution >= 0.6 is 11.6 Å². The van der Waals surface area contributed by atoms with Crippen molar-refractivity contribution in [3.8, 4) is 11.4 Å². The molecular weight excluding hydrogens is 374 g/mol. The molecule has 0 aliphatic heterocycles. The molecule has 0 unspecified atom stereocenters. The van der Waals surface area contributed by atoms with E-state index in [1.807, 2.05) is 68.4 Å². The fraction of sp³-hybridized carbons (Fsp3) is 0.182. The van der Waals surface area contributed by atoms with Gasteiger partial charge in [-0.05, 0) is 61.9 Å². The Labute approximate surface area is 169 Å². The van der Waals surface area contributed by atoms with Gasteiger partial charge < -0.3 is 9.30 Å². The minimum absolute atomic E-state index is 0.195. The highest BCUT2D eigenvalue weighted by Crippen LogP contribution is 2.22. The Morgan fingerprint density at radius 2 is 1.82 bits per heavy atom. The van der Waals surface area contributed by atoms with Crippen molar-refractivity contribution >= 4 is 23.7 Å². The maximum absolute atomic E-state index is 11.0. The molecule has 0 atom stereocenters. The zero-order chi connectivity index (χ0) is 20.1. The van der Waals surface area contributed by atoms with Crippen LogP contribution in [0.15, 0.2) is 59.7 Å². The number of ether oxygens (including phenoxy) is 1. The first-order valence-electron chi connectivity index (χ1n) is 8.90. The third-order valence-electron chi connectivity index (χ3n) is 4.31. The summed E-state index contributed by atoms with van der Waals surface area (Å²) in [5, 5.41) is 4.67. The molecule has 5 nitrogen and oxygen atoms in total. The lowest BCUT2D eigenvalue weighted by Gasteiger charge is -2.11. The second-order valence-corrected chi connectivity index (χ2v) is 6.93. The maximum atomic E-state index is 11.0. The van der Waals surface area contributed by atoms with E-state index in [2.05, 4.69) is 15.1 Å². The molecule has 6 heteroatoms. The van der Waals surface area contributed by atoms with Crippen molar-refractivity contribution in [2.24, 2.45) is 5.10 Å². The summed E-state index contributed by atoms with van der Waals surface area (Å²) in [6, 6.07) is 17.6. The van der Waals surface area contributed by atoms with Crippen LogP contribution in [0.1, 0.15) is 29.4 Å². The molecule has 2 aromatic carbocycles. The number of carbonyl (C=O) groups excluding carboxylic acids is 1. The minimum Gasteiger partial charge on any atom is -0.489 e. The highest BCUT2D eigenvalue weighted by atomic mass is 35.5. The number of halogens is 1. The second-order valence-electron chi connectivity index (χ2n) is 6.50. The van der Waals surface area contributed by atoms with E-state index in [9.17, 15) is 4.79 Å². The Morgan fingerprint density at radius 1 is 1.14 bits per heavy atom. The Balaban J connectivity index is 1.72. The number of hydrogen-bond donors (Lipinski definition) is 1. The molecule has 1 heterocycles. The molecule has 3 aromatic rings. The molecule has 0 saturated heterocycles. The molecule has 1 N–H and O–H groups in total. The van der Waals surface area contributed by atoms with Crippen molar-refractivity contribution in [1.82, 2.24) is 9.99 Å². The van der Waals surface area contributed by atoms with Crippen LogP contribution in [0.4, 0.5) is 0 Å². The average Bonchev–Trinajstić information content (AvgIpc) is 2.95. The summed E-state index contributed by atoms with van der Waals surface area (Å²) in [5.74, 6) is 0.604. The predicted octanol–water partition coefficient (Wildman–Crippen LogP) is 4.80. The molecule has 0 bridgehead atoms. The summed E-state index contributed by atoms with van der Waals surface area (Å²) in [4.78, 5) is 11.0. The molecule has 28 heavy (non-hydrogen) atoms. The molecule has 1 amide bonds. The number of amides is 1. The van der Waals surface area contributed by atoms with Crippen molar-refractivity contribution in [1.29, 1.82) is 0 Å². The van der Waals surface area contributed by atoms with Gasteiger partial charge in [0.25, 0.3) is 0 Å². The van der Waals surface area contributed by atoms with Crippen LogP contribution in [-0.2, 0) is 11.4 Å². The summed E-state index contributed by atoms with van der Waals surface area (Å²) in [7, 11) is 0. The molecule has 0 spiro atoms. The highest BCUT2D eigenvalue weighted by Gasteiger charge is 2.09. The van der Waals surface area contributed by atoms with Gasteiger partial charge in [0, 0.05) is 34.6 Å². The monoisotopic (exact) mass is 395 g/mol. The third-order valence-corrected chi connectivity index (χ3v) is 4.56. The topological polar surface area (TPSA) is 55.6 Å². The van der Waals surface area contributed by atoms with Gasteiger partial charge in [0.15, 0.2) is 0 Å². The van der Waals surface area contributed by atoms with Crippen LogP contribution in [0.5, 0.6) is 5.75 Å². The minimum atomic E-state index is -0.195. The zero-order valence-electron chi connectivity index (χ0n) is 16.1. The Hall–Kier alpha value is -3.05. The fourth-order valence-electron chi connectivity index (χ4n) is 2.95. The van der Waals surface area contributed by atoms with Crippen molar-refractivity contribution in [3.63, 3.8) is 0 Å². The van der Waals surface area contributed by atoms with Gasteiger partial charge in [0.2, 0.25) is 5.91 Å². The summed E-state index contributed by atoms with van der Waals surface area (Å²) in [6.07, 6.45) is 1.66. The number of rotatable bonds is 6. The molecule has 0 saturated carbocycles. The van der Waals surface area contributed by atoms with E-state index in [1.165, 1.54) is 6.92 Å². The van der Waals surface area contributed by atoms with Crippen molar-refractivity contribution < 1.29 is 9.53 Å². The van der Waals surface area contributed by atoms with E-state index < -0.39 is 0 Å². The van der Waals surface area contributed by atoms with Crippen LogP contribution in [0.3, 0.4) is 0 Å². The summed E-state index contributed by atoms with van der Waals surface area (Å²) in [5.41, 5.74) is 7.60. The van der Waals surface area contributed by atoms with E-state index in [4.69, 9.17) is 16.3 Å². The summed E-state index contributed by atoms with van der Waals surface area (Å²) >= 11 is 5.90. The van der Waals surface area contributed by atoms with Crippen LogP contribution < -0.4 is 10.2 Å². The molecule has 3 rings (SSSR count). The number of hydrogen-bond acceptors (Lipinski definition) is 3.